The van der Waals surface area contributed by atoms with Gasteiger partial charge in [-0.25, -0.2) is 0 Å². The standard InChI is InChI=1S/C15H24N2O.HI/c1-5-13-10-8-9-11-14(13)16-15(18)12-17(4,6-2)7-3;/h8-11H,5-7,12H2,1-4H3;1H. The summed E-state index contributed by atoms with van der Waals surface area (Å²) in [5, 5.41) is 3.03. The van der Waals surface area contributed by atoms with Crippen LogP contribution in [0.1, 0.15) is 26.3 Å². The molecule has 19 heavy (non-hydrogen) atoms. The summed E-state index contributed by atoms with van der Waals surface area (Å²) >= 11 is 0. The largest absolute Gasteiger partial charge is 1.00 e. The molecule has 0 atom stereocenters. The quantitative estimate of drug-likeness (QED) is 0.535. The Morgan fingerprint density at radius 3 is 2.26 bits per heavy atom. The van der Waals surface area contributed by atoms with Crippen molar-refractivity contribution in [2.75, 3.05) is 32.0 Å². The molecule has 0 unspecified atom stereocenters. The third-order valence-corrected chi connectivity index (χ3v) is 3.72. The van der Waals surface area contributed by atoms with Gasteiger partial charge < -0.3 is 33.8 Å². The van der Waals surface area contributed by atoms with Crippen LogP contribution < -0.4 is 29.3 Å². The van der Waals surface area contributed by atoms with Crippen LogP contribution in [0.4, 0.5) is 5.69 Å². The Morgan fingerprint density at radius 1 is 1.16 bits per heavy atom. The van der Waals surface area contributed by atoms with E-state index < -0.39 is 0 Å². The highest BCUT2D eigenvalue weighted by atomic mass is 127. The molecular formula is C15H25IN2O. The van der Waals surface area contributed by atoms with E-state index in [0.717, 1.165) is 29.7 Å². The average molecular weight is 376 g/mol. The van der Waals surface area contributed by atoms with Crippen LogP contribution in [0.15, 0.2) is 24.3 Å². The Labute approximate surface area is 134 Å². The van der Waals surface area contributed by atoms with Crippen molar-refractivity contribution in [3.63, 3.8) is 0 Å². The van der Waals surface area contributed by atoms with Gasteiger partial charge in [0.15, 0.2) is 6.54 Å². The second-order valence-corrected chi connectivity index (χ2v) is 4.97. The van der Waals surface area contributed by atoms with Crippen molar-refractivity contribution in [1.29, 1.82) is 0 Å². The van der Waals surface area contributed by atoms with E-state index in [1.165, 1.54) is 5.56 Å². The molecule has 0 aliphatic rings. The molecule has 3 nitrogen and oxygen atoms in total. The number of para-hydroxylation sites is 1. The molecule has 1 amide bonds. The first-order chi connectivity index (χ1) is 8.54. The number of carbonyl (C=O) groups is 1. The van der Waals surface area contributed by atoms with Gasteiger partial charge in [-0.2, -0.15) is 0 Å². The molecule has 0 aliphatic heterocycles. The van der Waals surface area contributed by atoms with Crippen molar-refractivity contribution in [3.05, 3.63) is 29.8 Å². The molecule has 1 aromatic rings. The number of benzene rings is 1. The smallest absolute Gasteiger partial charge is 0.279 e. The molecule has 108 valence electrons. The van der Waals surface area contributed by atoms with Crippen molar-refractivity contribution in [2.45, 2.75) is 27.2 Å². The lowest BCUT2D eigenvalue weighted by atomic mass is 10.1. The van der Waals surface area contributed by atoms with Gasteiger partial charge >= 0.3 is 0 Å². The van der Waals surface area contributed by atoms with Gasteiger partial charge in [0.1, 0.15) is 0 Å². The number of carbonyl (C=O) groups excluding carboxylic acids is 1. The first-order valence-electron chi connectivity index (χ1n) is 6.76. The van der Waals surface area contributed by atoms with Gasteiger partial charge in [0.2, 0.25) is 0 Å². The molecule has 0 saturated carbocycles. The molecule has 0 fully saturated rings. The minimum absolute atomic E-state index is 0. The number of hydrogen-bond acceptors (Lipinski definition) is 1. The van der Waals surface area contributed by atoms with Gasteiger partial charge in [0.05, 0.1) is 20.1 Å². The topological polar surface area (TPSA) is 29.1 Å². The Morgan fingerprint density at radius 2 is 1.74 bits per heavy atom. The zero-order chi connectivity index (χ0) is 13.6. The number of anilines is 1. The summed E-state index contributed by atoms with van der Waals surface area (Å²) in [4.78, 5) is 12.1. The predicted molar refractivity (Wildman–Crippen MR) is 76.6 cm³/mol. The molecule has 1 aromatic carbocycles. The first-order valence-corrected chi connectivity index (χ1v) is 6.76. The van der Waals surface area contributed by atoms with Crippen molar-refractivity contribution in [2.24, 2.45) is 0 Å². The second-order valence-electron chi connectivity index (χ2n) is 4.97. The third-order valence-electron chi connectivity index (χ3n) is 3.72. The molecule has 0 bridgehead atoms. The average Bonchev–Trinajstić information content (AvgIpc) is 2.39. The molecule has 0 aliphatic carbocycles. The number of halogens is 1. The lowest BCUT2D eigenvalue weighted by molar-refractivity contribution is -0.898. The van der Waals surface area contributed by atoms with Crippen LogP contribution in [0.2, 0.25) is 0 Å². The summed E-state index contributed by atoms with van der Waals surface area (Å²) in [7, 11) is 2.12. The van der Waals surface area contributed by atoms with Crippen molar-refractivity contribution < 1.29 is 33.3 Å². The second kappa shape index (κ2) is 8.53. The molecular weight excluding hydrogens is 351 g/mol. The van der Waals surface area contributed by atoms with E-state index in [1.807, 2.05) is 18.2 Å². The number of nitrogens with one attached hydrogen (secondary N) is 1. The minimum Gasteiger partial charge on any atom is -1.00 e. The Kier molecular flexibility index (Phi) is 8.25. The third kappa shape index (κ3) is 5.48. The highest BCUT2D eigenvalue weighted by molar-refractivity contribution is 5.92. The van der Waals surface area contributed by atoms with Crippen LogP contribution in [-0.4, -0.2) is 37.1 Å². The summed E-state index contributed by atoms with van der Waals surface area (Å²) in [6.45, 7) is 8.82. The fourth-order valence-corrected chi connectivity index (χ4v) is 1.93. The molecule has 1 N–H and O–H groups in total. The first kappa shape index (κ1) is 18.4. The van der Waals surface area contributed by atoms with E-state index in [9.17, 15) is 4.79 Å². The molecule has 0 saturated heterocycles. The number of quaternary nitrogens is 1. The number of nitrogens with zero attached hydrogens (tertiary/aromatic N) is 1. The Hall–Kier alpha value is -0.620. The van der Waals surface area contributed by atoms with Crippen LogP contribution in [0.5, 0.6) is 0 Å². The molecule has 0 heterocycles. The summed E-state index contributed by atoms with van der Waals surface area (Å²) in [5.41, 5.74) is 2.14. The highest BCUT2D eigenvalue weighted by Gasteiger charge is 2.21. The van der Waals surface area contributed by atoms with Crippen LogP contribution in [-0.2, 0) is 11.2 Å². The van der Waals surface area contributed by atoms with Gasteiger partial charge in [0, 0.05) is 5.69 Å². The molecule has 0 spiro atoms. The van der Waals surface area contributed by atoms with Crippen LogP contribution in [0.3, 0.4) is 0 Å². The highest BCUT2D eigenvalue weighted by Crippen LogP contribution is 2.15. The van der Waals surface area contributed by atoms with Gasteiger partial charge in [-0.1, -0.05) is 25.1 Å². The Balaban J connectivity index is 0.00000324. The lowest BCUT2D eigenvalue weighted by Gasteiger charge is -2.31. The summed E-state index contributed by atoms with van der Waals surface area (Å²) in [6, 6.07) is 8.00. The van der Waals surface area contributed by atoms with E-state index >= 15 is 0 Å². The van der Waals surface area contributed by atoms with Crippen molar-refractivity contribution >= 4 is 11.6 Å². The number of likely N-dealkylation sites (N-methyl/N-ethyl adjacent to an activating group) is 1. The normalized spacial score (nSPS) is 10.7. The van der Waals surface area contributed by atoms with Crippen molar-refractivity contribution in [1.82, 2.24) is 0 Å². The zero-order valence-electron chi connectivity index (χ0n) is 12.4. The van der Waals surface area contributed by atoms with E-state index in [1.54, 1.807) is 0 Å². The minimum atomic E-state index is 0. The predicted octanol–water partition coefficient (Wildman–Crippen LogP) is -0.322. The fraction of sp³-hybridized carbons (Fsp3) is 0.533. The van der Waals surface area contributed by atoms with Gasteiger partial charge in [-0.3, -0.25) is 4.79 Å². The number of aryl methyl sites for hydroxylation is 1. The van der Waals surface area contributed by atoms with Crippen molar-refractivity contribution in [3.8, 4) is 0 Å². The molecule has 1 rings (SSSR count). The zero-order valence-corrected chi connectivity index (χ0v) is 14.5. The number of rotatable bonds is 6. The maximum Gasteiger partial charge on any atom is 0.279 e. The van der Waals surface area contributed by atoms with Crippen LogP contribution >= 0.6 is 0 Å². The van der Waals surface area contributed by atoms with Gasteiger partial charge in [-0.05, 0) is 31.9 Å². The molecule has 0 aromatic heterocycles. The van der Waals surface area contributed by atoms with E-state index in [2.05, 4.69) is 39.2 Å². The lowest BCUT2D eigenvalue weighted by Crippen LogP contribution is -3.00. The summed E-state index contributed by atoms with van der Waals surface area (Å²) < 4.78 is 0.778. The Bertz CT molecular complexity index is 403. The van der Waals surface area contributed by atoms with Gasteiger partial charge in [-0.15, -0.1) is 0 Å². The molecule has 0 radical (unpaired) electrons. The number of hydrogen-bond donors (Lipinski definition) is 1. The van der Waals surface area contributed by atoms with E-state index in [4.69, 9.17) is 0 Å². The SMILES string of the molecule is CCc1ccccc1NC(=O)C[N+](C)(CC)CC.[I-]. The van der Waals surface area contributed by atoms with E-state index in [0.29, 0.717) is 6.54 Å². The maximum atomic E-state index is 12.1. The number of amides is 1. The molecule has 4 heteroatoms. The fourth-order valence-electron chi connectivity index (χ4n) is 1.93. The van der Waals surface area contributed by atoms with Crippen LogP contribution in [0.25, 0.3) is 0 Å². The summed E-state index contributed by atoms with van der Waals surface area (Å²) in [6.07, 6.45) is 0.935. The van der Waals surface area contributed by atoms with Crippen LogP contribution in [0, 0.1) is 0 Å². The summed E-state index contributed by atoms with van der Waals surface area (Å²) in [5.74, 6) is 0.0992. The monoisotopic (exact) mass is 376 g/mol. The maximum absolute atomic E-state index is 12.1. The van der Waals surface area contributed by atoms with E-state index in [-0.39, 0.29) is 29.9 Å². The van der Waals surface area contributed by atoms with Gasteiger partial charge in [0.25, 0.3) is 5.91 Å².